The molecule has 0 bridgehead atoms. The maximum Gasteiger partial charge on any atom is 0.387 e. The summed E-state index contributed by atoms with van der Waals surface area (Å²) in [6, 6.07) is 2.83. The van der Waals surface area contributed by atoms with Gasteiger partial charge in [0.15, 0.2) is 0 Å². The van der Waals surface area contributed by atoms with Gasteiger partial charge in [-0.1, -0.05) is 27.5 Å². The van der Waals surface area contributed by atoms with Crippen molar-refractivity contribution in [3.63, 3.8) is 0 Å². The van der Waals surface area contributed by atoms with Crippen LogP contribution in [0.15, 0.2) is 12.1 Å². The number of hydrogen-bond donors (Lipinski definition) is 0. The molecular formula is C12H12BrClF2O3. The van der Waals surface area contributed by atoms with Gasteiger partial charge in [0, 0.05) is 15.9 Å². The minimum absolute atomic E-state index is 0.0429. The summed E-state index contributed by atoms with van der Waals surface area (Å²) in [5.41, 5.74) is 0.955. The topological polar surface area (TPSA) is 35.5 Å². The number of rotatable bonds is 6. The molecule has 1 aromatic carbocycles. The minimum atomic E-state index is -2.95. The van der Waals surface area contributed by atoms with Crippen molar-refractivity contribution in [2.45, 2.75) is 25.3 Å². The van der Waals surface area contributed by atoms with E-state index in [0.717, 1.165) is 0 Å². The van der Waals surface area contributed by atoms with Gasteiger partial charge >= 0.3 is 12.6 Å². The van der Waals surface area contributed by atoms with E-state index in [2.05, 4.69) is 20.7 Å². The molecule has 0 aliphatic heterocycles. The molecule has 0 atom stereocenters. The van der Waals surface area contributed by atoms with Gasteiger partial charge in [0.1, 0.15) is 5.75 Å². The molecule has 7 heteroatoms. The summed E-state index contributed by atoms with van der Waals surface area (Å²) in [4.78, 5) is 11.5. The van der Waals surface area contributed by atoms with Crippen LogP contribution in [0.4, 0.5) is 8.78 Å². The highest BCUT2D eigenvalue weighted by molar-refractivity contribution is 9.08. The van der Waals surface area contributed by atoms with Gasteiger partial charge in [-0.25, -0.2) is 0 Å². The molecule has 0 fully saturated rings. The van der Waals surface area contributed by atoms with E-state index in [1.54, 1.807) is 6.92 Å². The predicted octanol–water partition coefficient (Wildman–Crippen LogP) is 3.94. The van der Waals surface area contributed by atoms with Crippen LogP contribution < -0.4 is 4.74 Å². The van der Waals surface area contributed by atoms with Gasteiger partial charge in [-0.2, -0.15) is 8.78 Å². The number of carbonyl (C=O) groups is 1. The Morgan fingerprint density at radius 1 is 1.47 bits per heavy atom. The van der Waals surface area contributed by atoms with Crippen molar-refractivity contribution in [1.82, 2.24) is 0 Å². The summed E-state index contributed by atoms with van der Waals surface area (Å²) in [5.74, 6) is -0.492. The van der Waals surface area contributed by atoms with E-state index < -0.39 is 12.6 Å². The Labute approximate surface area is 123 Å². The molecule has 106 valence electrons. The number of hydrogen-bond acceptors (Lipinski definition) is 3. The lowest BCUT2D eigenvalue weighted by Gasteiger charge is -2.14. The van der Waals surface area contributed by atoms with Crippen molar-refractivity contribution >= 4 is 33.5 Å². The second kappa shape index (κ2) is 7.65. The Balaban J connectivity index is 3.08. The monoisotopic (exact) mass is 356 g/mol. The molecule has 1 aromatic rings. The zero-order valence-electron chi connectivity index (χ0n) is 10.1. The van der Waals surface area contributed by atoms with E-state index in [9.17, 15) is 13.6 Å². The highest BCUT2D eigenvalue weighted by atomic mass is 79.9. The van der Waals surface area contributed by atoms with Gasteiger partial charge in [0.2, 0.25) is 0 Å². The quantitative estimate of drug-likeness (QED) is 0.571. The van der Waals surface area contributed by atoms with Crippen LogP contribution in [-0.4, -0.2) is 19.2 Å². The van der Waals surface area contributed by atoms with Gasteiger partial charge in [0.05, 0.1) is 13.0 Å². The fourth-order valence-electron chi connectivity index (χ4n) is 1.54. The van der Waals surface area contributed by atoms with Gasteiger partial charge in [-0.05, 0) is 24.6 Å². The summed E-state index contributed by atoms with van der Waals surface area (Å²) in [7, 11) is 0. The normalized spacial score (nSPS) is 10.6. The maximum absolute atomic E-state index is 12.3. The summed E-state index contributed by atoms with van der Waals surface area (Å²) >= 11 is 9.01. The third kappa shape index (κ3) is 4.95. The van der Waals surface area contributed by atoms with E-state index in [0.29, 0.717) is 11.1 Å². The molecule has 0 N–H and O–H groups in total. The standard InChI is InChI=1S/C12H12BrClF2O3/c1-2-18-11(17)4-7-3-8(14)5-10(9(7)6-13)19-12(15)16/h3,5,12H,2,4,6H2,1H3. The Bertz CT molecular complexity index is 455. The van der Waals surface area contributed by atoms with Crippen LogP contribution in [0.2, 0.25) is 5.02 Å². The summed E-state index contributed by atoms with van der Waals surface area (Å²) in [6.45, 7) is -1.01. The van der Waals surface area contributed by atoms with Gasteiger partial charge in [0.25, 0.3) is 0 Å². The van der Waals surface area contributed by atoms with E-state index in [1.165, 1.54) is 12.1 Å². The molecule has 19 heavy (non-hydrogen) atoms. The van der Waals surface area contributed by atoms with E-state index >= 15 is 0 Å². The average Bonchev–Trinajstić information content (AvgIpc) is 2.27. The van der Waals surface area contributed by atoms with Crippen molar-refractivity contribution in [3.05, 3.63) is 28.3 Å². The molecule has 0 aliphatic carbocycles. The van der Waals surface area contributed by atoms with Crippen LogP contribution in [0, 0.1) is 0 Å². The van der Waals surface area contributed by atoms with Crippen molar-refractivity contribution in [2.75, 3.05) is 6.61 Å². The summed E-state index contributed by atoms with van der Waals surface area (Å²) < 4.78 is 33.8. The molecule has 0 amide bonds. The lowest BCUT2D eigenvalue weighted by molar-refractivity contribution is -0.142. The predicted molar refractivity (Wildman–Crippen MR) is 71.1 cm³/mol. The number of halogens is 4. The number of ether oxygens (including phenoxy) is 2. The molecule has 0 unspecified atom stereocenters. The van der Waals surface area contributed by atoms with Crippen molar-refractivity contribution in [1.29, 1.82) is 0 Å². The summed E-state index contributed by atoms with van der Waals surface area (Å²) in [5, 5.41) is 0.487. The molecular weight excluding hydrogens is 345 g/mol. The van der Waals surface area contributed by atoms with Gasteiger partial charge in [-0.15, -0.1) is 0 Å². The number of esters is 1. The first-order valence-corrected chi connectivity index (χ1v) is 6.95. The fourth-order valence-corrected chi connectivity index (χ4v) is 2.41. The Morgan fingerprint density at radius 3 is 2.68 bits per heavy atom. The number of benzene rings is 1. The molecule has 0 saturated carbocycles. The van der Waals surface area contributed by atoms with Crippen molar-refractivity contribution in [2.24, 2.45) is 0 Å². The third-order valence-corrected chi connectivity index (χ3v) is 3.03. The highest BCUT2D eigenvalue weighted by Gasteiger charge is 2.17. The third-order valence-electron chi connectivity index (χ3n) is 2.26. The van der Waals surface area contributed by atoms with E-state index in [-0.39, 0.29) is 29.1 Å². The van der Waals surface area contributed by atoms with Crippen LogP contribution in [0.25, 0.3) is 0 Å². The number of alkyl halides is 3. The second-order valence-corrected chi connectivity index (χ2v) is 4.53. The largest absolute Gasteiger partial charge is 0.466 e. The Morgan fingerprint density at radius 2 is 2.16 bits per heavy atom. The SMILES string of the molecule is CCOC(=O)Cc1cc(Cl)cc(OC(F)F)c1CBr. The number of carbonyl (C=O) groups excluding carboxylic acids is 1. The second-order valence-electron chi connectivity index (χ2n) is 3.54. The first-order valence-electron chi connectivity index (χ1n) is 5.45. The van der Waals surface area contributed by atoms with Crippen molar-refractivity contribution in [3.8, 4) is 5.75 Å². The van der Waals surface area contributed by atoms with Crippen molar-refractivity contribution < 1.29 is 23.0 Å². The van der Waals surface area contributed by atoms with Gasteiger partial charge in [-0.3, -0.25) is 4.79 Å². The maximum atomic E-state index is 12.3. The van der Waals surface area contributed by atoms with Crippen LogP contribution in [0.3, 0.4) is 0 Å². The lowest BCUT2D eigenvalue weighted by Crippen LogP contribution is -2.11. The smallest absolute Gasteiger partial charge is 0.387 e. The van der Waals surface area contributed by atoms with Crippen LogP contribution in [0.5, 0.6) is 5.75 Å². The van der Waals surface area contributed by atoms with E-state index in [1.807, 2.05) is 0 Å². The molecule has 0 spiro atoms. The zero-order valence-corrected chi connectivity index (χ0v) is 12.4. The first-order chi connectivity index (χ1) is 8.97. The summed E-state index contributed by atoms with van der Waals surface area (Å²) in [6.07, 6.45) is -0.0467. The van der Waals surface area contributed by atoms with Crippen LogP contribution >= 0.6 is 27.5 Å². The Hall–Kier alpha value is -0.880. The molecule has 3 nitrogen and oxygen atoms in total. The molecule has 0 aliphatic rings. The van der Waals surface area contributed by atoms with Crippen LogP contribution in [-0.2, 0) is 21.3 Å². The first kappa shape index (κ1) is 16.2. The van der Waals surface area contributed by atoms with E-state index in [4.69, 9.17) is 16.3 Å². The zero-order chi connectivity index (χ0) is 14.4. The molecule has 0 saturated heterocycles. The highest BCUT2D eigenvalue weighted by Crippen LogP contribution is 2.31. The average molecular weight is 358 g/mol. The molecule has 1 rings (SSSR count). The lowest BCUT2D eigenvalue weighted by atomic mass is 10.0. The Kier molecular flexibility index (Phi) is 6.51. The fraction of sp³-hybridized carbons (Fsp3) is 0.417. The molecule has 0 heterocycles. The van der Waals surface area contributed by atoms with Crippen LogP contribution in [0.1, 0.15) is 18.1 Å². The molecule has 0 aromatic heterocycles. The minimum Gasteiger partial charge on any atom is -0.466 e. The van der Waals surface area contributed by atoms with Gasteiger partial charge < -0.3 is 9.47 Å². The molecule has 0 radical (unpaired) electrons.